The molecule has 0 atom stereocenters. The van der Waals surface area contributed by atoms with Crippen LogP contribution in [0.3, 0.4) is 0 Å². The van der Waals surface area contributed by atoms with Crippen LogP contribution in [0.15, 0.2) is 41.4 Å². The number of halogens is 1. The van der Waals surface area contributed by atoms with Crippen molar-refractivity contribution in [2.75, 3.05) is 27.3 Å². The number of benzene rings is 2. The zero-order chi connectivity index (χ0) is 19.6. The van der Waals surface area contributed by atoms with Crippen LogP contribution in [-0.4, -0.2) is 33.3 Å². The summed E-state index contributed by atoms with van der Waals surface area (Å²) in [6, 6.07) is 10.6. The Morgan fingerprint density at radius 3 is 2.56 bits per heavy atom. The van der Waals surface area contributed by atoms with Crippen LogP contribution in [0.5, 0.6) is 11.5 Å². The van der Waals surface area contributed by atoms with E-state index in [-0.39, 0.29) is 5.82 Å². The first-order valence-electron chi connectivity index (χ1n) is 9.06. The van der Waals surface area contributed by atoms with E-state index in [1.165, 1.54) is 6.07 Å². The number of hydrogen-bond acceptors (Lipinski definition) is 3. The van der Waals surface area contributed by atoms with Gasteiger partial charge in [0.15, 0.2) is 17.5 Å². The number of aliphatic imine (C=N–C) groups is 1. The smallest absolute Gasteiger partial charge is 0.191 e. The van der Waals surface area contributed by atoms with Crippen molar-refractivity contribution >= 4 is 5.96 Å². The zero-order valence-electron chi connectivity index (χ0n) is 16.4. The molecule has 27 heavy (non-hydrogen) atoms. The summed E-state index contributed by atoms with van der Waals surface area (Å²) in [4.78, 5) is 4.63. The fraction of sp³-hybridized carbons (Fsp3) is 0.381. The molecule has 0 aromatic heterocycles. The summed E-state index contributed by atoms with van der Waals surface area (Å²) in [5.74, 6) is 1.91. The van der Waals surface area contributed by atoms with Gasteiger partial charge in [-0.2, -0.15) is 0 Å². The molecule has 6 heteroatoms. The van der Waals surface area contributed by atoms with Crippen LogP contribution in [0.2, 0.25) is 0 Å². The van der Waals surface area contributed by atoms with Gasteiger partial charge in [0, 0.05) is 18.7 Å². The molecule has 0 fully saturated rings. The molecule has 0 bridgehead atoms. The molecule has 5 nitrogen and oxygen atoms in total. The van der Waals surface area contributed by atoms with Gasteiger partial charge in [0.25, 0.3) is 0 Å². The Hall–Kier alpha value is -2.76. The average Bonchev–Trinajstić information content (AvgIpc) is 2.67. The Morgan fingerprint density at radius 1 is 1.07 bits per heavy atom. The maximum absolute atomic E-state index is 13.2. The van der Waals surface area contributed by atoms with Crippen LogP contribution >= 0.6 is 0 Å². The summed E-state index contributed by atoms with van der Waals surface area (Å²) in [6.07, 6.45) is 0.791. The van der Waals surface area contributed by atoms with Crippen LogP contribution in [-0.2, 0) is 13.0 Å². The van der Waals surface area contributed by atoms with Gasteiger partial charge in [-0.3, -0.25) is 0 Å². The lowest BCUT2D eigenvalue weighted by molar-refractivity contribution is 0.352. The Labute approximate surface area is 160 Å². The van der Waals surface area contributed by atoms with E-state index in [4.69, 9.17) is 9.47 Å². The minimum absolute atomic E-state index is 0.202. The maximum atomic E-state index is 13.2. The van der Waals surface area contributed by atoms with Gasteiger partial charge in [-0.1, -0.05) is 18.2 Å². The van der Waals surface area contributed by atoms with Crippen LogP contribution in [0.1, 0.15) is 23.6 Å². The first kappa shape index (κ1) is 20.6. The highest BCUT2D eigenvalue weighted by Gasteiger charge is 2.09. The number of aryl methyl sites for hydroxylation is 1. The van der Waals surface area contributed by atoms with Crippen molar-refractivity contribution in [3.63, 3.8) is 0 Å². The van der Waals surface area contributed by atoms with Gasteiger partial charge >= 0.3 is 0 Å². The highest BCUT2D eigenvalue weighted by atomic mass is 19.1. The molecule has 2 N–H and O–H groups in total. The van der Waals surface area contributed by atoms with Crippen molar-refractivity contribution in [1.29, 1.82) is 0 Å². The Kier molecular flexibility index (Phi) is 7.92. The fourth-order valence-corrected chi connectivity index (χ4v) is 2.84. The molecule has 0 amide bonds. The number of para-hydroxylation sites is 1. The summed E-state index contributed by atoms with van der Waals surface area (Å²) in [6.45, 7) is 5.87. The minimum Gasteiger partial charge on any atom is -0.493 e. The summed E-state index contributed by atoms with van der Waals surface area (Å²) >= 11 is 0. The molecule has 0 saturated heterocycles. The first-order valence-corrected chi connectivity index (χ1v) is 9.06. The first-order chi connectivity index (χ1) is 13.1. The SMILES string of the molecule is CCNC(=NCc1cccc(OC)c1OC)NCCc1ccc(F)cc1C. The van der Waals surface area contributed by atoms with Crippen LogP contribution in [0, 0.1) is 12.7 Å². The summed E-state index contributed by atoms with van der Waals surface area (Å²) in [5, 5.41) is 6.56. The molecule has 0 spiro atoms. The van der Waals surface area contributed by atoms with Gasteiger partial charge in [0.05, 0.1) is 20.8 Å². The quantitative estimate of drug-likeness (QED) is 0.550. The molecule has 0 heterocycles. The molecule has 146 valence electrons. The molecule has 0 unspecified atom stereocenters. The molecule has 2 aromatic rings. The van der Waals surface area contributed by atoms with E-state index in [2.05, 4.69) is 15.6 Å². The third kappa shape index (κ3) is 5.88. The molecular formula is C21H28FN3O2. The lowest BCUT2D eigenvalue weighted by Crippen LogP contribution is -2.38. The third-order valence-corrected chi connectivity index (χ3v) is 4.23. The Balaban J connectivity index is 2.02. The molecule has 2 rings (SSSR count). The van der Waals surface area contributed by atoms with Crippen LogP contribution in [0.4, 0.5) is 4.39 Å². The van der Waals surface area contributed by atoms with Crippen molar-refractivity contribution < 1.29 is 13.9 Å². The minimum atomic E-state index is -0.202. The Bertz CT molecular complexity index is 778. The van der Waals surface area contributed by atoms with E-state index in [1.54, 1.807) is 20.3 Å². The van der Waals surface area contributed by atoms with E-state index in [1.807, 2.05) is 38.1 Å². The number of hydrogen-bond donors (Lipinski definition) is 2. The highest BCUT2D eigenvalue weighted by Crippen LogP contribution is 2.31. The lowest BCUT2D eigenvalue weighted by atomic mass is 10.1. The van der Waals surface area contributed by atoms with Crippen molar-refractivity contribution in [2.24, 2.45) is 4.99 Å². The molecular weight excluding hydrogens is 345 g/mol. The van der Waals surface area contributed by atoms with Crippen molar-refractivity contribution in [3.05, 3.63) is 58.9 Å². The second kappa shape index (κ2) is 10.4. The van der Waals surface area contributed by atoms with Crippen molar-refractivity contribution in [2.45, 2.75) is 26.8 Å². The van der Waals surface area contributed by atoms with Gasteiger partial charge in [0.2, 0.25) is 0 Å². The van der Waals surface area contributed by atoms with Crippen LogP contribution < -0.4 is 20.1 Å². The number of nitrogens with one attached hydrogen (secondary N) is 2. The van der Waals surface area contributed by atoms with Gasteiger partial charge < -0.3 is 20.1 Å². The number of methoxy groups -OCH3 is 2. The summed E-state index contributed by atoms with van der Waals surface area (Å²) in [5.41, 5.74) is 3.03. The number of guanidine groups is 1. The molecule has 0 radical (unpaired) electrons. The van der Waals surface area contributed by atoms with Gasteiger partial charge in [-0.15, -0.1) is 0 Å². The molecule has 2 aromatic carbocycles. The second-order valence-corrected chi connectivity index (χ2v) is 6.10. The van der Waals surface area contributed by atoms with Gasteiger partial charge in [-0.05, 0) is 49.6 Å². The highest BCUT2D eigenvalue weighted by molar-refractivity contribution is 5.79. The van der Waals surface area contributed by atoms with Crippen LogP contribution in [0.25, 0.3) is 0 Å². The summed E-state index contributed by atoms with van der Waals surface area (Å²) < 4.78 is 24.0. The molecule has 0 aliphatic heterocycles. The van der Waals surface area contributed by atoms with Crippen molar-refractivity contribution in [1.82, 2.24) is 10.6 Å². The third-order valence-electron chi connectivity index (χ3n) is 4.23. The molecule has 0 aliphatic rings. The number of nitrogens with zero attached hydrogens (tertiary/aromatic N) is 1. The average molecular weight is 373 g/mol. The van der Waals surface area contributed by atoms with E-state index >= 15 is 0 Å². The normalized spacial score (nSPS) is 11.2. The maximum Gasteiger partial charge on any atom is 0.191 e. The topological polar surface area (TPSA) is 54.9 Å². The largest absolute Gasteiger partial charge is 0.493 e. The monoisotopic (exact) mass is 373 g/mol. The summed E-state index contributed by atoms with van der Waals surface area (Å²) in [7, 11) is 3.24. The van der Waals surface area contributed by atoms with E-state index < -0.39 is 0 Å². The molecule has 0 aliphatic carbocycles. The predicted octanol–water partition coefficient (Wildman–Crippen LogP) is 3.45. The second-order valence-electron chi connectivity index (χ2n) is 6.10. The standard InChI is InChI=1S/C21H28FN3O2/c1-5-23-21(24-12-11-16-9-10-18(22)13-15(16)2)25-14-17-7-6-8-19(26-3)20(17)27-4/h6-10,13H,5,11-12,14H2,1-4H3,(H2,23,24,25). The number of rotatable bonds is 8. The van der Waals surface area contributed by atoms with E-state index in [0.717, 1.165) is 35.6 Å². The van der Waals surface area contributed by atoms with E-state index in [0.29, 0.717) is 24.6 Å². The zero-order valence-corrected chi connectivity index (χ0v) is 16.4. The predicted molar refractivity (Wildman–Crippen MR) is 107 cm³/mol. The van der Waals surface area contributed by atoms with Gasteiger partial charge in [-0.25, -0.2) is 9.38 Å². The van der Waals surface area contributed by atoms with Crippen molar-refractivity contribution in [3.8, 4) is 11.5 Å². The molecule has 0 saturated carbocycles. The van der Waals surface area contributed by atoms with E-state index in [9.17, 15) is 4.39 Å². The van der Waals surface area contributed by atoms with Gasteiger partial charge in [0.1, 0.15) is 5.82 Å². The Morgan fingerprint density at radius 2 is 1.89 bits per heavy atom. The fourth-order valence-electron chi connectivity index (χ4n) is 2.84. The number of ether oxygens (including phenoxy) is 2. The lowest BCUT2D eigenvalue weighted by Gasteiger charge is -2.14.